The first-order valence-electron chi connectivity index (χ1n) is 7.61. The van der Waals surface area contributed by atoms with Crippen LogP contribution in [0.3, 0.4) is 0 Å². The molecule has 0 bridgehead atoms. The molecule has 1 spiro atoms. The highest BCUT2D eigenvalue weighted by Gasteiger charge is 2.44. The van der Waals surface area contributed by atoms with Crippen molar-refractivity contribution in [3.8, 4) is 6.07 Å². The number of anilines is 1. The van der Waals surface area contributed by atoms with Crippen molar-refractivity contribution in [2.75, 3.05) is 5.32 Å². The Morgan fingerprint density at radius 2 is 1.55 bits per heavy atom. The molecular formula is C17H21BrN2. The van der Waals surface area contributed by atoms with Gasteiger partial charge in [-0.1, -0.05) is 28.8 Å². The van der Waals surface area contributed by atoms with E-state index in [2.05, 4.69) is 27.3 Å². The van der Waals surface area contributed by atoms with Gasteiger partial charge in [0.05, 0.1) is 6.07 Å². The zero-order valence-corrected chi connectivity index (χ0v) is 13.4. The van der Waals surface area contributed by atoms with Crippen molar-refractivity contribution >= 4 is 21.6 Å². The summed E-state index contributed by atoms with van der Waals surface area (Å²) in [7, 11) is 0. The number of nitrogens with one attached hydrogen (secondary N) is 1. The van der Waals surface area contributed by atoms with Gasteiger partial charge in [-0.3, -0.25) is 0 Å². The number of nitrogens with zero attached hydrogens (tertiary/aromatic N) is 1. The van der Waals surface area contributed by atoms with Gasteiger partial charge < -0.3 is 5.32 Å². The van der Waals surface area contributed by atoms with Crippen molar-refractivity contribution in [3.05, 3.63) is 28.7 Å². The maximum atomic E-state index is 9.67. The largest absolute Gasteiger partial charge is 0.367 e. The Labute approximate surface area is 129 Å². The molecule has 2 saturated carbocycles. The van der Waals surface area contributed by atoms with Crippen molar-refractivity contribution < 1.29 is 0 Å². The minimum atomic E-state index is -0.359. The molecule has 0 atom stereocenters. The molecule has 106 valence electrons. The molecule has 3 rings (SSSR count). The fourth-order valence-corrected chi connectivity index (χ4v) is 4.17. The highest BCUT2D eigenvalue weighted by Crippen LogP contribution is 2.51. The van der Waals surface area contributed by atoms with E-state index < -0.39 is 0 Å². The third kappa shape index (κ3) is 2.72. The van der Waals surface area contributed by atoms with E-state index in [4.69, 9.17) is 0 Å². The molecule has 0 unspecified atom stereocenters. The van der Waals surface area contributed by atoms with Crippen LogP contribution in [0.2, 0.25) is 0 Å². The Bertz CT molecular complexity index is 499. The topological polar surface area (TPSA) is 35.8 Å². The monoisotopic (exact) mass is 332 g/mol. The van der Waals surface area contributed by atoms with Gasteiger partial charge in [0.2, 0.25) is 0 Å². The third-order valence-corrected chi connectivity index (χ3v) is 5.80. The van der Waals surface area contributed by atoms with Crippen LogP contribution >= 0.6 is 15.9 Å². The predicted molar refractivity (Wildman–Crippen MR) is 85.5 cm³/mol. The maximum Gasteiger partial charge on any atom is 0.125 e. The Morgan fingerprint density at radius 3 is 2.10 bits per heavy atom. The van der Waals surface area contributed by atoms with E-state index in [1.165, 1.54) is 38.5 Å². The summed E-state index contributed by atoms with van der Waals surface area (Å²) in [5.41, 5.74) is 1.26. The lowest BCUT2D eigenvalue weighted by molar-refractivity contribution is 0.167. The zero-order valence-electron chi connectivity index (χ0n) is 11.8. The molecule has 3 heteroatoms. The summed E-state index contributed by atoms with van der Waals surface area (Å²) >= 11 is 3.45. The number of hydrogen-bond acceptors (Lipinski definition) is 2. The van der Waals surface area contributed by atoms with E-state index in [0.717, 1.165) is 23.0 Å². The second-order valence-electron chi connectivity index (χ2n) is 6.53. The first-order valence-corrected chi connectivity index (χ1v) is 8.40. The molecule has 0 heterocycles. The fourth-order valence-electron chi connectivity index (χ4n) is 3.91. The van der Waals surface area contributed by atoms with Crippen LogP contribution in [-0.2, 0) is 0 Å². The zero-order chi connectivity index (χ0) is 14.1. The summed E-state index contributed by atoms with van der Waals surface area (Å²) in [4.78, 5) is 0. The number of benzene rings is 1. The minimum absolute atomic E-state index is 0.359. The van der Waals surface area contributed by atoms with Gasteiger partial charge in [-0.05, 0) is 68.2 Å². The van der Waals surface area contributed by atoms with Crippen molar-refractivity contribution in [1.29, 1.82) is 5.26 Å². The SMILES string of the molecule is N#CC1(Nc2ccc(Br)cc2)CCC2(CCCC2)CC1. The van der Waals surface area contributed by atoms with Crippen molar-refractivity contribution in [1.82, 2.24) is 0 Å². The van der Waals surface area contributed by atoms with E-state index in [9.17, 15) is 5.26 Å². The van der Waals surface area contributed by atoms with Crippen LogP contribution in [0.1, 0.15) is 51.4 Å². The molecule has 0 amide bonds. The predicted octanol–water partition coefficient (Wildman–Crippen LogP) is 5.26. The molecule has 1 aromatic rings. The van der Waals surface area contributed by atoms with E-state index in [-0.39, 0.29) is 5.54 Å². The summed E-state index contributed by atoms with van der Waals surface area (Å²) in [6.45, 7) is 0. The van der Waals surface area contributed by atoms with E-state index in [1.807, 2.05) is 24.3 Å². The molecule has 0 aromatic heterocycles. The molecule has 2 fully saturated rings. The van der Waals surface area contributed by atoms with Gasteiger partial charge in [-0.2, -0.15) is 5.26 Å². The van der Waals surface area contributed by atoms with Gasteiger partial charge in [0.25, 0.3) is 0 Å². The molecule has 0 aliphatic heterocycles. The van der Waals surface area contributed by atoms with E-state index in [1.54, 1.807) is 0 Å². The van der Waals surface area contributed by atoms with Crippen LogP contribution in [0.5, 0.6) is 0 Å². The highest BCUT2D eigenvalue weighted by molar-refractivity contribution is 9.10. The van der Waals surface area contributed by atoms with E-state index >= 15 is 0 Å². The summed E-state index contributed by atoms with van der Waals surface area (Å²) < 4.78 is 1.07. The lowest BCUT2D eigenvalue weighted by atomic mass is 9.67. The number of hydrogen-bond donors (Lipinski definition) is 1. The molecular weight excluding hydrogens is 312 g/mol. The second-order valence-corrected chi connectivity index (χ2v) is 7.45. The van der Waals surface area contributed by atoms with Crippen molar-refractivity contribution in [2.24, 2.45) is 5.41 Å². The first kappa shape index (κ1) is 13.9. The van der Waals surface area contributed by atoms with Gasteiger partial charge >= 0.3 is 0 Å². The third-order valence-electron chi connectivity index (χ3n) is 5.27. The molecule has 2 nitrogen and oxygen atoms in total. The summed E-state index contributed by atoms with van der Waals surface area (Å²) in [5.74, 6) is 0. The summed E-state index contributed by atoms with van der Waals surface area (Å²) in [5, 5.41) is 13.2. The molecule has 1 N–H and O–H groups in total. The quantitative estimate of drug-likeness (QED) is 0.801. The van der Waals surface area contributed by atoms with Crippen LogP contribution in [-0.4, -0.2) is 5.54 Å². The molecule has 1 aromatic carbocycles. The summed E-state index contributed by atoms with van der Waals surface area (Å²) in [6, 6.07) is 10.7. The maximum absolute atomic E-state index is 9.67. The van der Waals surface area contributed by atoms with Crippen LogP contribution in [0.25, 0.3) is 0 Å². The number of nitriles is 1. The standard InChI is InChI=1S/C17H21BrN2/c18-14-3-5-15(6-4-14)20-17(13-19)11-9-16(10-12-17)7-1-2-8-16/h3-6,20H,1-2,7-12H2. The van der Waals surface area contributed by atoms with Crippen LogP contribution in [0.4, 0.5) is 5.69 Å². The number of rotatable bonds is 2. The van der Waals surface area contributed by atoms with Gasteiger partial charge in [0, 0.05) is 10.2 Å². The normalized spacial score (nSPS) is 23.4. The van der Waals surface area contributed by atoms with Crippen LogP contribution in [0, 0.1) is 16.7 Å². The van der Waals surface area contributed by atoms with Gasteiger partial charge in [0.1, 0.15) is 5.54 Å². The minimum Gasteiger partial charge on any atom is -0.367 e. The molecule has 20 heavy (non-hydrogen) atoms. The number of halogens is 1. The molecule has 2 aliphatic carbocycles. The lowest BCUT2D eigenvalue weighted by Crippen LogP contribution is -2.43. The van der Waals surface area contributed by atoms with Crippen molar-refractivity contribution in [2.45, 2.75) is 56.9 Å². The molecule has 0 radical (unpaired) electrons. The van der Waals surface area contributed by atoms with Gasteiger partial charge in [-0.25, -0.2) is 0 Å². The summed E-state index contributed by atoms with van der Waals surface area (Å²) in [6.07, 6.45) is 9.94. The average molecular weight is 333 g/mol. The molecule has 0 saturated heterocycles. The van der Waals surface area contributed by atoms with Gasteiger partial charge in [0.15, 0.2) is 0 Å². The Morgan fingerprint density at radius 1 is 0.950 bits per heavy atom. The average Bonchev–Trinajstić information content (AvgIpc) is 2.93. The molecule has 2 aliphatic rings. The smallest absolute Gasteiger partial charge is 0.125 e. The lowest BCUT2D eigenvalue weighted by Gasteiger charge is -2.42. The Hall–Kier alpha value is -1.01. The Balaban J connectivity index is 1.70. The van der Waals surface area contributed by atoms with E-state index in [0.29, 0.717) is 5.41 Å². The second kappa shape index (κ2) is 5.41. The van der Waals surface area contributed by atoms with Crippen LogP contribution in [0.15, 0.2) is 28.7 Å². The highest BCUT2D eigenvalue weighted by atomic mass is 79.9. The fraction of sp³-hybridized carbons (Fsp3) is 0.588. The van der Waals surface area contributed by atoms with Crippen molar-refractivity contribution in [3.63, 3.8) is 0 Å². The Kier molecular flexibility index (Phi) is 3.77. The van der Waals surface area contributed by atoms with Crippen LogP contribution < -0.4 is 5.32 Å². The first-order chi connectivity index (χ1) is 9.65. The van der Waals surface area contributed by atoms with Gasteiger partial charge in [-0.15, -0.1) is 0 Å².